The Hall–Kier alpha value is -2.62. The van der Waals surface area contributed by atoms with E-state index >= 15 is 0 Å². The van der Waals surface area contributed by atoms with Gasteiger partial charge in [0.1, 0.15) is 5.75 Å². The van der Waals surface area contributed by atoms with Crippen LogP contribution in [0.1, 0.15) is 11.4 Å². The topological polar surface area (TPSA) is 47.0 Å². The summed E-state index contributed by atoms with van der Waals surface area (Å²) in [6, 6.07) is 13.9. The number of ether oxygens (including phenoxy) is 1. The minimum Gasteiger partial charge on any atom is -0.497 e. The second-order valence-electron chi connectivity index (χ2n) is 4.99. The summed E-state index contributed by atoms with van der Waals surface area (Å²) in [5, 5.41) is 4.44. The number of pyridine rings is 2. The zero-order valence-electron chi connectivity index (χ0n) is 12.3. The third-order valence-electron chi connectivity index (χ3n) is 3.31. The summed E-state index contributed by atoms with van der Waals surface area (Å²) in [5.74, 6) is 0.841. The molecule has 21 heavy (non-hydrogen) atoms. The zero-order chi connectivity index (χ0) is 14.8. The molecule has 0 saturated heterocycles. The first kappa shape index (κ1) is 13.4. The van der Waals surface area contributed by atoms with Gasteiger partial charge in [-0.25, -0.2) is 9.97 Å². The maximum absolute atomic E-state index is 5.17. The van der Waals surface area contributed by atoms with Crippen molar-refractivity contribution in [1.29, 1.82) is 0 Å². The molecule has 4 nitrogen and oxygen atoms in total. The van der Waals surface area contributed by atoms with E-state index in [-0.39, 0.29) is 0 Å². The predicted octanol–water partition coefficient (Wildman–Crippen LogP) is 4.00. The maximum Gasteiger partial charge on any atom is 0.161 e. The highest BCUT2D eigenvalue weighted by atomic mass is 16.5. The molecule has 3 rings (SSSR count). The van der Waals surface area contributed by atoms with E-state index in [1.807, 2.05) is 50.2 Å². The van der Waals surface area contributed by atoms with Crippen molar-refractivity contribution in [2.45, 2.75) is 13.8 Å². The summed E-state index contributed by atoms with van der Waals surface area (Å²) in [4.78, 5) is 8.99. The molecule has 0 aliphatic carbocycles. The summed E-state index contributed by atoms with van der Waals surface area (Å²) in [7, 11) is 1.66. The fourth-order valence-electron chi connectivity index (χ4n) is 2.26. The highest BCUT2D eigenvalue weighted by Gasteiger charge is 2.06. The minimum absolute atomic E-state index is 0.769. The van der Waals surface area contributed by atoms with Crippen molar-refractivity contribution < 1.29 is 4.74 Å². The molecule has 0 unspecified atom stereocenters. The number of benzene rings is 1. The number of hydrogen-bond donors (Lipinski definition) is 1. The number of hydrogen-bond acceptors (Lipinski definition) is 4. The molecule has 0 atom stereocenters. The van der Waals surface area contributed by atoms with E-state index < -0.39 is 0 Å². The van der Waals surface area contributed by atoms with Crippen LogP contribution in [0.2, 0.25) is 0 Å². The average Bonchev–Trinajstić information content (AvgIpc) is 2.47. The summed E-state index contributed by atoms with van der Waals surface area (Å²) in [6.07, 6.45) is 0. The van der Waals surface area contributed by atoms with Crippen molar-refractivity contribution in [3.05, 3.63) is 53.9 Å². The van der Waals surface area contributed by atoms with Crippen molar-refractivity contribution in [2.75, 3.05) is 12.4 Å². The summed E-state index contributed by atoms with van der Waals surface area (Å²) in [5.41, 5.74) is 4.69. The van der Waals surface area contributed by atoms with Crippen molar-refractivity contribution in [3.8, 4) is 5.75 Å². The van der Waals surface area contributed by atoms with Crippen molar-refractivity contribution >= 4 is 22.4 Å². The Kier molecular flexibility index (Phi) is 3.44. The Morgan fingerprint density at radius 2 is 1.62 bits per heavy atom. The van der Waals surface area contributed by atoms with E-state index in [2.05, 4.69) is 21.4 Å². The molecule has 0 amide bonds. The van der Waals surface area contributed by atoms with Gasteiger partial charge in [0.2, 0.25) is 0 Å². The van der Waals surface area contributed by atoms with Gasteiger partial charge in [-0.15, -0.1) is 0 Å². The van der Waals surface area contributed by atoms with E-state index in [4.69, 9.17) is 4.74 Å². The van der Waals surface area contributed by atoms with Gasteiger partial charge < -0.3 is 10.1 Å². The molecule has 2 heterocycles. The van der Waals surface area contributed by atoms with E-state index in [1.54, 1.807) is 7.11 Å². The first-order chi connectivity index (χ1) is 10.2. The highest BCUT2D eigenvalue weighted by Crippen LogP contribution is 2.26. The molecule has 3 aromatic rings. The lowest BCUT2D eigenvalue weighted by Gasteiger charge is -2.11. The smallest absolute Gasteiger partial charge is 0.161 e. The molecule has 4 heteroatoms. The number of aryl methyl sites for hydroxylation is 2. The third kappa shape index (κ3) is 2.79. The Balaban J connectivity index is 2.02. The van der Waals surface area contributed by atoms with Crippen LogP contribution < -0.4 is 10.1 Å². The van der Waals surface area contributed by atoms with E-state index in [9.17, 15) is 0 Å². The Labute approximate surface area is 123 Å². The largest absolute Gasteiger partial charge is 0.497 e. The Morgan fingerprint density at radius 3 is 2.33 bits per heavy atom. The highest BCUT2D eigenvalue weighted by molar-refractivity contribution is 5.91. The van der Waals surface area contributed by atoms with E-state index in [1.165, 1.54) is 0 Å². The van der Waals surface area contributed by atoms with Crippen LogP contribution in [0.15, 0.2) is 42.5 Å². The number of anilines is 2. The summed E-state index contributed by atoms with van der Waals surface area (Å²) in [6.45, 7) is 3.95. The molecule has 0 radical (unpaired) electrons. The van der Waals surface area contributed by atoms with E-state index in [0.717, 1.165) is 39.5 Å². The van der Waals surface area contributed by atoms with Gasteiger partial charge in [0.25, 0.3) is 0 Å². The lowest BCUT2D eigenvalue weighted by Crippen LogP contribution is -1.97. The van der Waals surface area contributed by atoms with Gasteiger partial charge in [-0.3, -0.25) is 0 Å². The summed E-state index contributed by atoms with van der Waals surface area (Å²) < 4.78 is 5.17. The fourth-order valence-corrected chi connectivity index (χ4v) is 2.26. The van der Waals surface area contributed by atoms with Crippen LogP contribution in [-0.2, 0) is 0 Å². The third-order valence-corrected chi connectivity index (χ3v) is 3.31. The molecule has 0 aliphatic rings. The van der Waals surface area contributed by atoms with Crippen molar-refractivity contribution in [2.24, 2.45) is 0 Å². The molecule has 1 aromatic carbocycles. The Bertz CT molecular complexity index is 777. The monoisotopic (exact) mass is 279 g/mol. The number of aromatic nitrogens is 2. The molecular formula is C17H17N3O. The molecular weight excluding hydrogens is 262 g/mol. The van der Waals surface area contributed by atoms with Gasteiger partial charge in [0, 0.05) is 22.5 Å². The van der Waals surface area contributed by atoms with Crippen LogP contribution in [0.4, 0.5) is 11.4 Å². The van der Waals surface area contributed by atoms with Gasteiger partial charge >= 0.3 is 0 Å². The van der Waals surface area contributed by atoms with Crippen LogP contribution in [-0.4, -0.2) is 17.1 Å². The van der Waals surface area contributed by atoms with Gasteiger partial charge in [-0.2, -0.15) is 0 Å². The first-order valence-corrected chi connectivity index (χ1v) is 6.82. The van der Waals surface area contributed by atoms with Gasteiger partial charge in [0.15, 0.2) is 5.65 Å². The van der Waals surface area contributed by atoms with Crippen LogP contribution in [0.5, 0.6) is 5.75 Å². The number of nitrogens with zero attached hydrogens (tertiary/aromatic N) is 2. The SMILES string of the molecule is COc1ccc(Nc2cc(C)nc3nc(C)ccc23)cc1. The maximum atomic E-state index is 5.17. The standard InChI is InChI=1S/C17H17N3O/c1-11-4-9-15-16(10-12(2)19-17(15)18-11)20-13-5-7-14(21-3)8-6-13/h4-10H,1-3H3,(H,18,19,20). The lowest BCUT2D eigenvalue weighted by atomic mass is 10.2. The van der Waals surface area contributed by atoms with Crippen molar-refractivity contribution in [1.82, 2.24) is 9.97 Å². The fraction of sp³-hybridized carbons (Fsp3) is 0.176. The summed E-state index contributed by atoms with van der Waals surface area (Å²) >= 11 is 0. The van der Waals surface area contributed by atoms with Gasteiger partial charge in [0.05, 0.1) is 12.8 Å². The first-order valence-electron chi connectivity index (χ1n) is 6.82. The molecule has 0 bridgehead atoms. The van der Waals surface area contributed by atoms with Crippen LogP contribution in [0.3, 0.4) is 0 Å². The van der Waals surface area contributed by atoms with E-state index in [0.29, 0.717) is 0 Å². The number of nitrogens with one attached hydrogen (secondary N) is 1. The van der Waals surface area contributed by atoms with Crippen LogP contribution >= 0.6 is 0 Å². The van der Waals surface area contributed by atoms with Crippen molar-refractivity contribution in [3.63, 3.8) is 0 Å². The number of methoxy groups -OCH3 is 1. The molecule has 1 N–H and O–H groups in total. The predicted molar refractivity (Wildman–Crippen MR) is 85.3 cm³/mol. The normalized spacial score (nSPS) is 10.6. The molecule has 0 saturated carbocycles. The molecule has 0 fully saturated rings. The van der Waals surface area contributed by atoms with Crippen LogP contribution in [0.25, 0.3) is 11.0 Å². The van der Waals surface area contributed by atoms with Gasteiger partial charge in [-0.1, -0.05) is 0 Å². The molecule has 0 spiro atoms. The Morgan fingerprint density at radius 1 is 0.905 bits per heavy atom. The zero-order valence-corrected chi connectivity index (χ0v) is 12.3. The number of rotatable bonds is 3. The second kappa shape index (κ2) is 5.40. The minimum atomic E-state index is 0.769. The van der Waals surface area contributed by atoms with Crippen LogP contribution in [0, 0.1) is 13.8 Å². The molecule has 2 aromatic heterocycles. The average molecular weight is 279 g/mol. The van der Waals surface area contributed by atoms with Gasteiger partial charge in [-0.05, 0) is 56.3 Å². The lowest BCUT2D eigenvalue weighted by molar-refractivity contribution is 0.415. The molecule has 106 valence electrons. The quantitative estimate of drug-likeness (QED) is 0.787. The second-order valence-corrected chi connectivity index (χ2v) is 4.99. The number of fused-ring (bicyclic) bond motifs is 1. The molecule has 0 aliphatic heterocycles.